The van der Waals surface area contributed by atoms with Gasteiger partial charge in [0, 0.05) is 16.7 Å². The van der Waals surface area contributed by atoms with Crippen LogP contribution in [0.2, 0.25) is 5.02 Å². The molecule has 0 saturated carbocycles. The van der Waals surface area contributed by atoms with Gasteiger partial charge in [0.05, 0.1) is 18.7 Å². The van der Waals surface area contributed by atoms with E-state index in [-0.39, 0.29) is 17.2 Å². The van der Waals surface area contributed by atoms with Gasteiger partial charge in [0.25, 0.3) is 5.78 Å². The summed E-state index contributed by atoms with van der Waals surface area (Å²) in [5.74, 6) is -0.827. The number of aliphatic hydroxyl groups excluding tert-OH is 1. The van der Waals surface area contributed by atoms with Gasteiger partial charge < -0.3 is 14.4 Å². The van der Waals surface area contributed by atoms with Gasteiger partial charge >= 0.3 is 5.91 Å². The normalized spacial score (nSPS) is 18.1. The van der Waals surface area contributed by atoms with Crippen LogP contribution < -0.4 is 9.64 Å². The number of carbonyl (C=O) groups excluding carboxylic acids is 2. The number of Topliss-reactive ketones (excluding diaryl/α,β-unsaturated/α-hetero) is 1. The zero-order chi connectivity index (χ0) is 21.4. The number of methoxy groups -OCH3 is 1. The van der Waals surface area contributed by atoms with Crippen LogP contribution in [0, 0.1) is 6.92 Å². The van der Waals surface area contributed by atoms with Crippen molar-refractivity contribution < 1.29 is 24.0 Å². The monoisotopic (exact) mass is 424 g/mol. The van der Waals surface area contributed by atoms with Gasteiger partial charge in [-0.1, -0.05) is 41.0 Å². The number of aryl methyl sites for hydroxylation is 1. The van der Waals surface area contributed by atoms with Crippen molar-refractivity contribution in [3.8, 4) is 5.75 Å². The first-order valence-electron chi connectivity index (χ1n) is 9.05. The second-order valence-electron chi connectivity index (χ2n) is 6.75. The van der Waals surface area contributed by atoms with Gasteiger partial charge in [0.15, 0.2) is 5.82 Å². The van der Waals surface area contributed by atoms with Crippen LogP contribution in [-0.4, -0.2) is 29.1 Å². The maximum Gasteiger partial charge on any atom is 0.301 e. The van der Waals surface area contributed by atoms with Crippen LogP contribution in [-0.2, 0) is 9.59 Å². The Kier molecular flexibility index (Phi) is 5.05. The summed E-state index contributed by atoms with van der Waals surface area (Å²) in [4.78, 5) is 27.2. The average molecular weight is 425 g/mol. The molecule has 2 heterocycles. The maximum absolute atomic E-state index is 13.0. The predicted molar refractivity (Wildman–Crippen MR) is 110 cm³/mol. The summed E-state index contributed by atoms with van der Waals surface area (Å²) in [5.41, 5.74) is 0.818. The number of anilines is 1. The molecule has 1 fully saturated rings. The van der Waals surface area contributed by atoms with Crippen LogP contribution in [0.15, 0.2) is 64.7 Å². The Balaban J connectivity index is 1.95. The molecule has 1 atom stereocenters. The smallest absolute Gasteiger partial charge is 0.301 e. The van der Waals surface area contributed by atoms with Crippen molar-refractivity contribution in [2.24, 2.45) is 0 Å². The van der Waals surface area contributed by atoms with E-state index in [9.17, 15) is 14.7 Å². The highest BCUT2D eigenvalue weighted by molar-refractivity contribution is 6.51. The molecule has 0 aliphatic carbocycles. The van der Waals surface area contributed by atoms with Gasteiger partial charge in [-0.2, -0.15) is 0 Å². The lowest BCUT2D eigenvalue weighted by Crippen LogP contribution is -2.29. The lowest BCUT2D eigenvalue weighted by atomic mass is 9.95. The number of hydrogen-bond donors (Lipinski definition) is 1. The molecule has 4 rings (SSSR count). The number of hydrogen-bond acceptors (Lipinski definition) is 6. The molecule has 0 radical (unpaired) electrons. The summed E-state index contributed by atoms with van der Waals surface area (Å²) in [6.45, 7) is 1.68. The molecular weight excluding hydrogens is 408 g/mol. The molecule has 1 aromatic heterocycles. The van der Waals surface area contributed by atoms with Crippen molar-refractivity contribution in [1.29, 1.82) is 0 Å². The molecule has 8 heteroatoms. The summed E-state index contributed by atoms with van der Waals surface area (Å²) in [6, 6.07) is 14.0. The van der Waals surface area contributed by atoms with Crippen molar-refractivity contribution in [1.82, 2.24) is 5.16 Å². The van der Waals surface area contributed by atoms with Gasteiger partial charge in [-0.15, -0.1) is 0 Å². The van der Waals surface area contributed by atoms with Crippen LogP contribution in [0.25, 0.3) is 5.76 Å². The van der Waals surface area contributed by atoms with Crippen LogP contribution in [0.1, 0.15) is 22.9 Å². The van der Waals surface area contributed by atoms with Gasteiger partial charge in [-0.25, -0.2) is 0 Å². The zero-order valence-corrected chi connectivity index (χ0v) is 16.9. The highest BCUT2D eigenvalue weighted by Gasteiger charge is 2.48. The third-order valence-electron chi connectivity index (χ3n) is 4.81. The van der Waals surface area contributed by atoms with E-state index in [1.54, 1.807) is 61.5 Å². The third-order valence-corrected chi connectivity index (χ3v) is 5.05. The van der Waals surface area contributed by atoms with Crippen molar-refractivity contribution in [3.05, 3.63) is 82.1 Å². The molecule has 1 aliphatic rings. The summed E-state index contributed by atoms with van der Waals surface area (Å²) >= 11 is 6.16. The fraction of sp³-hybridized carbons (Fsp3) is 0.136. The van der Waals surface area contributed by atoms with E-state index in [0.717, 1.165) is 0 Å². The van der Waals surface area contributed by atoms with E-state index in [1.807, 2.05) is 0 Å². The Bertz CT molecular complexity index is 1180. The number of benzene rings is 2. The molecule has 3 aromatic rings. The lowest BCUT2D eigenvalue weighted by Gasteiger charge is -2.23. The highest BCUT2D eigenvalue weighted by Crippen LogP contribution is 2.42. The molecule has 2 aromatic carbocycles. The van der Waals surface area contributed by atoms with Crippen LogP contribution in [0.3, 0.4) is 0 Å². The molecular formula is C22H17ClN2O5. The number of amides is 1. The second kappa shape index (κ2) is 7.68. The standard InChI is InChI=1S/C22H17ClN2O5/c1-12-9-17(24-30-12)25-19(13-5-3-7-15(23)10-13)18(21(27)22(25)28)20(26)14-6-4-8-16(11-14)29-2/h3-11,19,26H,1-2H3/b20-18+/t19-/m0/s1. The molecule has 1 amide bonds. The number of carbonyl (C=O) groups is 2. The van der Waals surface area contributed by atoms with E-state index >= 15 is 0 Å². The first kappa shape index (κ1) is 19.7. The lowest BCUT2D eigenvalue weighted by molar-refractivity contribution is -0.132. The highest BCUT2D eigenvalue weighted by atomic mass is 35.5. The zero-order valence-electron chi connectivity index (χ0n) is 16.1. The Morgan fingerprint density at radius 2 is 1.93 bits per heavy atom. The molecule has 152 valence electrons. The summed E-state index contributed by atoms with van der Waals surface area (Å²) in [6.07, 6.45) is 0. The second-order valence-corrected chi connectivity index (χ2v) is 7.19. The molecule has 1 aliphatic heterocycles. The number of aliphatic hydroxyl groups is 1. The van der Waals surface area contributed by atoms with Gasteiger partial charge in [0.2, 0.25) is 0 Å². The van der Waals surface area contributed by atoms with Crippen LogP contribution in [0.5, 0.6) is 5.75 Å². The van der Waals surface area contributed by atoms with E-state index in [0.29, 0.717) is 27.7 Å². The number of rotatable bonds is 4. The number of nitrogens with zero attached hydrogens (tertiary/aromatic N) is 2. The number of aromatic nitrogens is 1. The number of halogens is 1. The molecule has 1 saturated heterocycles. The van der Waals surface area contributed by atoms with E-state index in [1.165, 1.54) is 12.0 Å². The fourth-order valence-electron chi connectivity index (χ4n) is 3.45. The van der Waals surface area contributed by atoms with Crippen LogP contribution >= 0.6 is 11.6 Å². The molecule has 7 nitrogen and oxygen atoms in total. The molecule has 0 bridgehead atoms. The first-order chi connectivity index (χ1) is 14.4. The Morgan fingerprint density at radius 3 is 2.60 bits per heavy atom. The first-order valence-corrected chi connectivity index (χ1v) is 9.42. The Morgan fingerprint density at radius 1 is 1.17 bits per heavy atom. The van der Waals surface area contributed by atoms with Gasteiger partial charge in [0.1, 0.15) is 17.3 Å². The fourth-order valence-corrected chi connectivity index (χ4v) is 3.65. The minimum absolute atomic E-state index is 0.0730. The number of ether oxygens (including phenoxy) is 1. The molecule has 0 unspecified atom stereocenters. The Hall–Kier alpha value is -3.58. The van der Waals surface area contributed by atoms with Crippen molar-refractivity contribution >= 4 is 34.9 Å². The number of ketones is 1. The quantitative estimate of drug-likeness (QED) is 0.382. The predicted octanol–water partition coefficient (Wildman–Crippen LogP) is 4.27. The topological polar surface area (TPSA) is 92.9 Å². The minimum atomic E-state index is -0.931. The van der Waals surface area contributed by atoms with Crippen molar-refractivity contribution in [3.63, 3.8) is 0 Å². The summed E-state index contributed by atoms with van der Waals surface area (Å²) < 4.78 is 10.3. The van der Waals surface area contributed by atoms with Crippen molar-refractivity contribution in [2.45, 2.75) is 13.0 Å². The maximum atomic E-state index is 13.0. The Labute approximate surface area is 177 Å². The minimum Gasteiger partial charge on any atom is -0.507 e. The van der Waals surface area contributed by atoms with Crippen LogP contribution in [0.4, 0.5) is 5.82 Å². The molecule has 1 N–H and O–H groups in total. The SMILES string of the molecule is COc1cccc(/C(O)=C2\C(=O)C(=O)N(c3cc(C)on3)[C@H]2c2cccc(Cl)c2)c1. The largest absolute Gasteiger partial charge is 0.507 e. The summed E-state index contributed by atoms with van der Waals surface area (Å²) in [5, 5.41) is 15.4. The van der Waals surface area contributed by atoms with Gasteiger partial charge in [-0.3, -0.25) is 14.5 Å². The average Bonchev–Trinajstić information content (AvgIpc) is 3.28. The van der Waals surface area contributed by atoms with E-state index in [2.05, 4.69) is 5.16 Å². The van der Waals surface area contributed by atoms with Crippen molar-refractivity contribution in [2.75, 3.05) is 12.0 Å². The van der Waals surface area contributed by atoms with Gasteiger partial charge in [-0.05, 0) is 36.8 Å². The molecule has 30 heavy (non-hydrogen) atoms. The van der Waals surface area contributed by atoms with E-state index < -0.39 is 17.7 Å². The summed E-state index contributed by atoms with van der Waals surface area (Å²) in [7, 11) is 1.50. The molecule has 0 spiro atoms. The van der Waals surface area contributed by atoms with E-state index in [4.69, 9.17) is 20.9 Å². The third kappa shape index (κ3) is 3.33.